The van der Waals surface area contributed by atoms with Gasteiger partial charge in [-0.2, -0.15) is 0 Å². The number of carbonyl (C=O) groups excluding carboxylic acids is 4. The first-order chi connectivity index (χ1) is 14.2. The first-order valence-electron chi connectivity index (χ1n) is 9.26. The number of carbonyl (C=O) groups is 4. The molecule has 3 rings (SSSR count). The zero-order valence-corrected chi connectivity index (χ0v) is 16.9. The molecule has 2 aliphatic carbocycles. The lowest BCUT2D eigenvalue weighted by Crippen LogP contribution is -2.32. The summed E-state index contributed by atoms with van der Waals surface area (Å²) in [6.45, 7) is 5.04. The summed E-state index contributed by atoms with van der Waals surface area (Å²) in [6, 6.07) is 1.72. The van der Waals surface area contributed by atoms with Crippen molar-refractivity contribution in [1.82, 2.24) is 4.98 Å². The number of pyridine rings is 1. The highest BCUT2D eigenvalue weighted by molar-refractivity contribution is 5.72. The lowest BCUT2D eigenvalue weighted by molar-refractivity contribution is -0.163. The van der Waals surface area contributed by atoms with Crippen molar-refractivity contribution in [3.63, 3.8) is 0 Å². The second kappa shape index (κ2) is 8.48. The molecule has 0 amide bonds. The molecule has 1 aromatic rings. The Hall–Kier alpha value is -3.49. The van der Waals surface area contributed by atoms with Gasteiger partial charge in [-0.1, -0.05) is 6.08 Å². The largest absolute Gasteiger partial charge is 0.454 e. The third kappa shape index (κ3) is 4.56. The lowest BCUT2D eigenvalue weighted by Gasteiger charge is -2.32. The summed E-state index contributed by atoms with van der Waals surface area (Å²) in [5.74, 6) is -2.14. The Morgan fingerprint density at radius 2 is 1.23 bits per heavy atom. The van der Waals surface area contributed by atoms with Crippen LogP contribution in [0.5, 0.6) is 0 Å². The van der Waals surface area contributed by atoms with Gasteiger partial charge in [0.15, 0.2) is 24.4 Å². The average molecular weight is 415 g/mol. The standard InChI is InChI=1S/C21H21NO8/c1-10(23)27-17-8-6-16-15(20(17)29-12(3)25)9-14-5-7-18(28-11(2)24)21(19(14)22-16)30-13(4)26/h5-9,17-18,20-21H,1-4H3/t17-,18-,20+,21-/m0/s1. The molecule has 0 spiro atoms. The fourth-order valence-electron chi connectivity index (χ4n) is 3.41. The van der Waals surface area contributed by atoms with E-state index in [2.05, 4.69) is 4.98 Å². The van der Waals surface area contributed by atoms with Crippen molar-refractivity contribution in [3.8, 4) is 0 Å². The molecule has 9 heteroatoms. The van der Waals surface area contributed by atoms with Gasteiger partial charge in [0.25, 0.3) is 0 Å². The Kier molecular flexibility index (Phi) is 6.00. The number of esters is 4. The second-order valence-electron chi connectivity index (χ2n) is 6.86. The van der Waals surface area contributed by atoms with Crippen LogP contribution < -0.4 is 0 Å². The molecule has 4 atom stereocenters. The highest BCUT2D eigenvalue weighted by Gasteiger charge is 2.37. The van der Waals surface area contributed by atoms with E-state index in [9.17, 15) is 19.2 Å². The topological polar surface area (TPSA) is 118 Å². The number of hydrogen-bond acceptors (Lipinski definition) is 9. The average Bonchev–Trinajstić information content (AvgIpc) is 2.63. The van der Waals surface area contributed by atoms with E-state index in [1.807, 2.05) is 0 Å². The summed E-state index contributed by atoms with van der Waals surface area (Å²) in [6.07, 6.45) is 3.04. The molecule has 0 aromatic carbocycles. The molecule has 158 valence electrons. The number of fused-ring (bicyclic) bond motifs is 2. The van der Waals surface area contributed by atoms with Crippen molar-refractivity contribution >= 4 is 36.0 Å². The fraction of sp³-hybridized carbons (Fsp3) is 0.381. The maximum absolute atomic E-state index is 11.6. The van der Waals surface area contributed by atoms with Gasteiger partial charge in [-0.25, -0.2) is 4.98 Å². The second-order valence-corrected chi connectivity index (χ2v) is 6.86. The lowest BCUT2D eigenvalue weighted by atomic mass is 9.90. The van der Waals surface area contributed by atoms with E-state index < -0.39 is 48.3 Å². The summed E-state index contributed by atoms with van der Waals surface area (Å²) in [4.78, 5) is 50.7. The minimum absolute atomic E-state index is 0.398. The maximum Gasteiger partial charge on any atom is 0.303 e. The predicted molar refractivity (Wildman–Crippen MR) is 102 cm³/mol. The summed E-state index contributed by atoms with van der Waals surface area (Å²) in [5, 5.41) is 0. The molecule has 0 saturated heterocycles. The van der Waals surface area contributed by atoms with Crippen LogP contribution in [0.15, 0.2) is 18.2 Å². The molecule has 1 heterocycles. The van der Waals surface area contributed by atoms with E-state index in [0.29, 0.717) is 22.5 Å². The Balaban J connectivity index is 2.06. The van der Waals surface area contributed by atoms with Crippen LogP contribution in [-0.2, 0) is 38.1 Å². The quantitative estimate of drug-likeness (QED) is 0.538. The van der Waals surface area contributed by atoms with Gasteiger partial charge in [0.1, 0.15) is 0 Å². The Morgan fingerprint density at radius 3 is 1.80 bits per heavy atom. The zero-order chi connectivity index (χ0) is 22.0. The van der Waals surface area contributed by atoms with Gasteiger partial charge in [0.2, 0.25) is 0 Å². The van der Waals surface area contributed by atoms with Crippen LogP contribution in [-0.4, -0.2) is 41.1 Å². The van der Waals surface area contributed by atoms with Crippen molar-refractivity contribution in [2.75, 3.05) is 0 Å². The summed E-state index contributed by atoms with van der Waals surface area (Å²) in [5.41, 5.74) is 1.99. The number of ether oxygens (including phenoxy) is 4. The van der Waals surface area contributed by atoms with Crippen molar-refractivity contribution in [2.45, 2.75) is 52.1 Å². The number of rotatable bonds is 4. The van der Waals surface area contributed by atoms with Crippen LogP contribution in [0.3, 0.4) is 0 Å². The highest BCUT2D eigenvalue weighted by Crippen LogP contribution is 2.38. The molecule has 1 aromatic heterocycles. The van der Waals surface area contributed by atoms with Crippen LogP contribution in [0.25, 0.3) is 12.2 Å². The minimum atomic E-state index is -0.927. The molecule has 0 bridgehead atoms. The van der Waals surface area contributed by atoms with Crippen LogP contribution in [0.4, 0.5) is 0 Å². The molecular weight excluding hydrogens is 394 g/mol. The Bertz CT molecular complexity index is 886. The first-order valence-corrected chi connectivity index (χ1v) is 9.26. The van der Waals surface area contributed by atoms with Crippen LogP contribution in [0, 0.1) is 0 Å². The molecule has 0 N–H and O–H groups in total. The van der Waals surface area contributed by atoms with Gasteiger partial charge in [0, 0.05) is 38.8 Å². The van der Waals surface area contributed by atoms with Crippen molar-refractivity contribution in [1.29, 1.82) is 0 Å². The van der Waals surface area contributed by atoms with Crippen molar-refractivity contribution in [3.05, 3.63) is 40.7 Å². The molecule has 2 aliphatic rings. The number of hydrogen-bond donors (Lipinski definition) is 0. The van der Waals surface area contributed by atoms with Gasteiger partial charge >= 0.3 is 23.9 Å². The molecule has 9 nitrogen and oxygen atoms in total. The van der Waals surface area contributed by atoms with E-state index in [1.54, 1.807) is 30.4 Å². The van der Waals surface area contributed by atoms with E-state index >= 15 is 0 Å². The minimum Gasteiger partial charge on any atom is -0.454 e. The fourth-order valence-corrected chi connectivity index (χ4v) is 3.41. The Labute approximate surface area is 172 Å². The van der Waals surface area contributed by atoms with Gasteiger partial charge in [0.05, 0.1) is 11.4 Å². The van der Waals surface area contributed by atoms with E-state index in [0.717, 1.165) is 0 Å². The smallest absolute Gasteiger partial charge is 0.303 e. The third-order valence-electron chi connectivity index (χ3n) is 4.42. The van der Waals surface area contributed by atoms with Crippen molar-refractivity contribution < 1.29 is 38.1 Å². The first kappa shape index (κ1) is 21.2. The van der Waals surface area contributed by atoms with Gasteiger partial charge in [-0.3, -0.25) is 19.2 Å². The van der Waals surface area contributed by atoms with E-state index in [1.165, 1.54) is 27.7 Å². The molecule has 0 fully saturated rings. The summed E-state index contributed by atoms with van der Waals surface area (Å²) in [7, 11) is 0. The molecule has 0 radical (unpaired) electrons. The molecule has 0 saturated carbocycles. The molecule has 30 heavy (non-hydrogen) atoms. The number of nitrogens with zero attached hydrogens (tertiary/aromatic N) is 1. The third-order valence-corrected chi connectivity index (χ3v) is 4.42. The normalized spacial score (nSPS) is 23.6. The van der Waals surface area contributed by atoms with Gasteiger partial charge in [-0.05, 0) is 24.3 Å². The highest BCUT2D eigenvalue weighted by atomic mass is 16.6. The van der Waals surface area contributed by atoms with Crippen LogP contribution in [0.1, 0.15) is 62.4 Å². The molecule has 0 unspecified atom stereocenters. The SMILES string of the molecule is CC(=O)O[C@H]1C=Cc2nc3c(cc2[C@H]1OC(C)=O)C=C[C@H](OC(C)=O)[C@@H]3OC(C)=O. The van der Waals surface area contributed by atoms with Crippen molar-refractivity contribution in [2.24, 2.45) is 0 Å². The van der Waals surface area contributed by atoms with E-state index in [4.69, 9.17) is 18.9 Å². The number of aromatic nitrogens is 1. The summed E-state index contributed by atoms with van der Waals surface area (Å²) >= 11 is 0. The molecule has 0 aliphatic heterocycles. The molecular formula is C21H21NO8. The maximum atomic E-state index is 11.6. The monoisotopic (exact) mass is 415 g/mol. The summed E-state index contributed by atoms with van der Waals surface area (Å²) < 4.78 is 21.3. The zero-order valence-electron chi connectivity index (χ0n) is 16.9. The Morgan fingerprint density at radius 1 is 0.733 bits per heavy atom. The predicted octanol–water partition coefficient (Wildman–Crippen LogP) is 2.21. The van der Waals surface area contributed by atoms with Crippen LogP contribution >= 0.6 is 0 Å². The van der Waals surface area contributed by atoms with Crippen LogP contribution in [0.2, 0.25) is 0 Å². The van der Waals surface area contributed by atoms with Gasteiger partial charge in [-0.15, -0.1) is 0 Å². The van der Waals surface area contributed by atoms with Gasteiger partial charge < -0.3 is 18.9 Å². The van der Waals surface area contributed by atoms with E-state index in [-0.39, 0.29) is 0 Å².